The lowest BCUT2D eigenvalue weighted by Gasteiger charge is -2.02. The van der Waals surface area contributed by atoms with Crippen molar-refractivity contribution in [2.75, 3.05) is 0 Å². The zero-order valence-electron chi connectivity index (χ0n) is 8.98. The van der Waals surface area contributed by atoms with Gasteiger partial charge in [-0.05, 0) is 0 Å². The summed E-state index contributed by atoms with van der Waals surface area (Å²) in [4.78, 5) is 8.90. The third kappa shape index (κ3) is 3.84. The summed E-state index contributed by atoms with van der Waals surface area (Å²) >= 11 is 0. The number of carboxylic acid groups (broad SMARTS) is 1. The van der Waals surface area contributed by atoms with E-state index in [4.69, 9.17) is 9.90 Å². The number of fused-ring (bicyclic) bond motifs is 1. The molecule has 0 aliphatic carbocycles. The van der Waals surface area contributed by atoms with Crippen LogP contribution < -0.4 is 5.32 Å². The summed E-state index contributed by atoms with van der Waals surface area (Å²) in [6.07, 6.45) is -9.42. The van der Waals surface area contributed by atoms with E-state index in [0.717, 1.165) is 0 Å². The summed E-state index contributed by atoms with van der Waals surface area (Å²) < 4.78 is 68.2. The van der Waals surface area contributed by atoms with Crippen molar-refractivity contribution in [3.05, 3.63) is 17.0 Å². The molecule has 3 N–H and O–H groups in total. The van der Waals surface area contributed by atoms with Crippen molar-refractivity contribution in [3.8, 4) is 0 Å². The number of hydrogen-bond donors (Lipinski definition) is 3. The van der Waals surface area contributed by atoms with Crippen LogP contribution in [-0.4, -0.2) is 27.4 Å². The molecular formula is C8H7F6N3O2. The average Bonchev–Trinajstić information content (AvgIpc) is 2.73. The highest BCUT2D eigenvalue weighted by Gasteiger charge is 2.39. The Hall–Kier alpha value is -1.78. The summed E-state index contributed by atoms with van der Waals surface area (Å²) in [7, 11) is 0. The van der Waals surface area contributed by atoms with Crippen LogP contribution in [0.3, 0.4) is 0 Å². The van der Waals surface area contributed by atoms with Crippen molar-refractivity contribution >= 4 is 5.97 Å². The van der Waals surface area contributed by atoms with Crippen LogP contribution >= 0.6 is 0 Å². The van der Waals surface area contributed by atoms with E-state index in [2.05, 4.69) is 15.5 Å². The van der Waals surface area contributed by atoms with Crippen LogP contribution in [0.25, 0.3) is 0 Å². The monoisotopic (exact) mass is 291 g/mol. The van der Waals surface area contributed by atoms with Crippen molar-refractivity contribution in [3.63, 3.8) is 0 Å². The van der Waals surface area contributed by atoms with Crippen LogP contribution in [0.1, 0.15) is 17.0 Å². The predicted octanol–water partition coefficient (Wildman–Crippen LogP) is 1.67. The van der Waals surface area contributed by atoms with Crippen molar-refractivity contribution < 1.29 is 36.2 Å². The minimum atomic E-state index is -5.08. The highest BCUT2D eigenvalue weighted by Crippen LogP contribution is 2.32. The van der Waals surface area contributed by atoms with Gasteiger partial charge in [0.2, 0.25) is 0 Å². The fourth-order valence-electron chi connectivity index (χ4n) is 1.28. The second-order valence-corrected chi connectivity index (χ2v) is 3.43. The third-order valence-electron chi connectivity index (χ3n) is 2.07. The van der Waals surface area contributed by atoms with E-state index in [1.54, 1.807) is 0 Å². The van der Waals surface area contributed by atoms with Gasteiger partial charge in [-0.3, -0.25) is 5.10 Å². The second kappa shape index (κ2) is 5.07. The first kappa shape index (κ1) is 15.3. The summed E-state index contributed by atoms with van der Waals surface area (Å²) in [6.45, 7) is 0.694. The van der Waals surface area contributed by atoms with Crippen LogP contribution in [0, 0.1) is 0 Å². The number of carboxylic acids is 1. The van der Waals surface area contributed by atoms with Gasteiger partial charge in [-0.15, -0.1) is 0 Å². The number of nitrogens with one attached hydrogen (secondary N) is 2. The predicted molar refractivity (Wildman–Crippen MR) is 47.8 cm³/mol. The maximum Gasteiger partial charge on any atom is 0.490 e. The number of halogens is 6. The summed E-state index contributed by atoms with van der Waals surface area (Å²) in [6, 6.07) is 0. The van der Waals surface area contributed by atoms with Gasteiger partial charge in [-0.2, -0.15) is 31.4 Å². The topological polar surface area (TPSA) is 78.0 Å². The van der Waals surface area contributed by atoms with Crippen LogP contribution in [0.5, 0.6) is 0 Å². The van der Waals surface area contributed by atoms with Gasteiger partial charge in [-0.1, -0.05) is 0 Å². The number of hydrogen-bond acceptors (Lipinski definition) is 3. The SMILES string of the molecule is FC(F)(F)c1n[nH]c2c1CNC2.O=C(O)C(F)(F)F. The Morgan fingerprint density at radius 1 is 1.16 bits per heavy atom. The standard InChI is InChI=1S/C6H6F3N3.C2HF3O2/c7-6(8,9)5-3-1-10-2-4(3)11-12-5;3-2(4,5)1(6)7/h10H,1-2H2,(H,11,12);(H,6,7). The minimum absolute atomic E-state index is 0.251. The molecule has 0 fully saturated rings. The molecule has 11 heteroatoms. The number of aromatic amines is 1. The van der Waals surface area contributed by atoms with Gasteiger partial charge in [0, 0.05) is 18.7 Å². The number of alkyl halides is 6. The van der Waals surface area contributed by atoms with Crippen LogP contribution in [-0.2, 0) is 24.1 Å². The Morgan fingerprint density at radius 3 is 2.11 bits per heavy atom. The molecule has 0 saturated carbocycles. The second-order valence-electron chi connectivity index (χ2n) is 3.43. The lowest BCUT2D eigenvalue weighted by molar-refractivity contribution is -0.192. The first-order valence-electron chi connectivity index (χ1n) is 4.67. The smallest absolute Gasteiger partial charge is 0.475 e. The van der Waals surface area contributed by atoms with Gasteiger partial charge in [0.15, 0.2) is 5.69 Å². The molecule has 5 nitrogen and oxygen atoms in total. The first-order chi connectivity index (χ1) is 8.53. The first-order valence-corrected chi connectivity index (χ1v) is 4.67. The normalized spacial score (nSPS) is 14.6. The van der Waals surface area contributed by atoms with Crippen molar-refractivity contribution in [1.29, 1.82) is 0 Å². The molecule has 0 amide bonds. The molecule has 2 heterocycles. The molecule has 0 bridgehead atoms. The molecule has 0 spiro atoms. The highest BCUT2D eigenvalue weighted by atomic mass is 19.4. The molecule has 0 saturated heterocycles. The maximum absolute atomic E-state index is 12.2. The Kier molecular flexibility index (Phi) is 4.08. The van der Waals surface area contributed by atoms with Gasteiger partial charge in [0.05, 0.1) is 5.69 Å². The molecule has 2 rings (SSSR count). The van der Waals surface area contributed by atoms with Crippen molar-refractivity contribution in [2.24, 2.45) is 0 Å². The molecule has 1 aromatic rings. The molecular weight excluding hydrogens is 284 g/mol. The number of nitrogens with zero attached hydrogens (tertiary/aromatic N) is 1. The Labute approximate surface area is 101 Å². The van der Waals surface area contributed by atoms with Crippen LogP contribution in [0.2, 0.25) is 0 Å². The fraction of sp³-hybridized carbons (Fsp3) is 0.500. The quantitative estimate of drug-likeness (QED) is 0.635. The van der Waals surface area contributed by atoms with Gasteiger partial charge in [0.1, 0.15) is 0 Å². The Morgan fingerprint density at radius 2 is 1.68 bits per heavy atom. The van der Waals surface area contributed by atoms with E-state index >= 15 is 0 Å². The number of aliphatic carboxylic acids is 1. The molecule has 0 atom stereocenters. The lowest BCUT2D eigenvalue weighted by atomic mass is 10.2. The third-order valence-corrected chi connectivity index (χ3v) is 2.07. The number of rotatable bonds is 0. The van der Waals surface area contributed by atoms with Crippen molar-refractivity contribution in [2.45, 2.75) is 25.4 Å². The van der Waals surface area contributed by atoms with Gasteiger partial charge >= 0.3 is 18.3 Å². The minimum Gasteiger partial charge on any atom is -0.475 e. The highest BCUT2D eigenvalue weighted by molar-refractivity contribution is 5.73. The number of H-pyrrole nitrogens is 1. The lowest BCUT2D eigenvalue weighted by Crippen LogP contribution is -2.21. The van der Waals surface area contributed by atoms with E-state index in [1.807, 2.05) is 0 Å². The van der Waals surface area contributed by atoms with Crippen LogP contribution in [0.4, 0.5) is 26.3 Å². The molecule has 0 radical (unpaired) electrons. The summed E-state index contributed by atoms with van der Waals surface area (Å²) in [5, 5.41) is 15.5. The van der Waals surface area contributed by atoms with Gasteiger partial charge in [-0.25, -0.2) is 4.79 Å². The van der Waals surface area contributed by atoms with E-state index in [1.165, 1.54) is 0 Å². The largest absolute Gasteiger partial charge is 0.490 e. The molecule has 0 unspecified atom stereocenters. The molecule has 0 aromatic carbocycles. The van der Waals surface area contributed by atoms with E-state index in [-0.39, 0.29) is 12.1 Å². The number of aromatic nitrogens is 2. The van der Waals surface area contributed by atoms with E-state index in [9.17, 15) is 26.3 Å². The molecule has 19 heavy (non-hydrogen) atoms. The summed E-state index contributed by atoms with van der Waals surface area (Å²) in [5.41, 5.74) is 0.00678. The van der Waals surface area contributed by atoms with Gasteiger partial charge in [0.25, 0.3) is 0 Å². The van der Waals surface area contributed by atoms with Crippen LogP contribution in [0.15, 0.2) is 0 Å². The molecule has 108 valence electrons. The maximum atomic E-state index is 12.2. The van der Waals surface area contributed by atoms with Gasteiger partial charge < -0.3 is 10.4 Å². The Bertz CT molecular complexity index is 464. The Balaban J connectivity index is 0.000000224. The van der Waals surface area contributed by atoms with E-state index in [0.29, 0.717) is 12.2 Å². The number of carbonyl (C=O) groups is 1. The fourth-order valence-corrected chi connectivity index (χ4v) is 1.28. The summed E-state index contributed by atoms with van der Waals surface area (Å²) in [5.74, 6) is -2.76. The average molecular weight is 291 g/mol. The molecule has 1 aliphatic heterocycles. The van der Waals surface area contributed by atoms with E-state index < -0.39 is 24.0 Å². The van der Waals surface area contributed by atoms with Crippen molar-refractivity contribution in [1.82, 2.24) is 15.5 Å². The molecule has 1 aromatic heterocycles. The zero-order chi connectivity index (χ0) is 14.8. The zero-order valence-corrected chi connectivity index (χ0v) is 8.98. The molecule has 1 aliphatic rings.